The van der Waals surface area contributed by atoms with E-state index in [2.05, 4.69) is 10.00 Å². The van der Waals surface area contributed by atoms with Gasteiger partial charge >= 0.3 is 0 Å². The van der Waals surface area contributed by atoms with Crippen molar-refractivity contribution in [3.63, 3.8) is 0 Å². The molecule has 2 aliphatic heterocycles. The first-order valence-electron chi connectivity index (χ1n) is 7.88. The van der Waals surface area contributed by atoms with Gasteiger partial charge in [0.15, 0.2) is 5.79 Å². The first kappa shape index (κ1) is 15.0. The fraction of sp³-hybridized carbons (Fsp3) is 0.500. The van der Waals surface area contributed by atoms with Crippen LogP contribution in [-0.4, -0.2) is 46.8 Å². The predicted octanol–water partition coefficient (Wildman–Crippen LogP) is 2.67. The van der Waals surface area contributed by atoms with E-state index in [1.165, 1.54) is 0 Å². The lowest BCUT2D eigenvalue weighted by atomic mass is 10.0. The number of hydrogen-bond donors (Lipinski definition) is 0. The lowest BCUT2D eigenvalue weighted by Crippen LogP contribution is -2.45. The second kappa shape index (κ2) is 6.16. The molecule has 2 saturated heterocycles. The molecule has 1 aromatic heterocycles. The summed E-state index contributed by atoms with van der Waals surface area (Å²) in [6.45, 7) is 3.83. The Morgan fingerprint density at radius 1 is 1.09 bits per heavy atom. The maximum Gasteiger partial charge on any atom is 0.288 e. The summed E-state index contributed by atoms with van der Waals surface area (Å²) < 4.78 is 18.9. The van der Waals surface area contributed by atoms with Gasteiger partial charge in [-0.05, 0) is 24.4 Å². The van der Waals surface area contributed by atoms with Gasteiger partial charge in [-0.3, -0.25) is 4.90 Å². The minimum atomic E-state index is -0.350. The summed E-state index contributed by atoms with van der Waals surface area (Å²) in [5.41, 5.74) is 0.933. The van der Waals surface area contributed by atoms with Crippen LogP contribution in [0.15, 0.2) is 34.7 Å². The highest BCUT2D eigenvalue weighted by Crippen LogP contribution is 2.31. The largest absolute Gasteiger partial charge is 0.409 e. The monoisotopic (exact) mass is 333 g/mol. The number of benzene rings is 1. The highest BCUT2D eigenvalue weighted by atomic mass is 32.1. The van der Waals surface area contributed by atoms with Gasteiger partial charge in [-0.1, -0.05) is 18.2 Å². The Kier molecular flexibility index (Phi) is 4.02. The molecule has 4 rings (SSSR count). The molecule has 2 aliphatic rings. The Morgan fingerprint density at radius 3 is 2.48 bits per heavy atom. The fourth-order valence-electron chi connectivity index (χ4n) is 3.10. The topological polar surface area (TPSA) is 52.7 Å². The Balaban J connectivity index is 1.44. The van der Waals surface area contributed by atoms with Gasteiger partial charge in [-0.25, -0.2) is 4.68 Å². The molecule has 0 saturated carbocycles. The van der Waals surface area contributed by atoms with Crippen molar-refractivity contribution in [2.45, 2.75) is 25.3 Å². The van der Waals surface area contributed by atoms with Crippen molar-refractivity contribution in [3.8, 4) is 11.5 Å². The van der Waals surface area contributed by atoms with E-state index in [4.69, 9.17) is 26.1 Å². The molecular formula is C16H19N3O3S. The third-order valence-corrected chi connectivity index (χ3v) is 4.69. The van der Waals surface area contributed by atoms with E-state index in [-0.39, 0.29) is 5.79 Å². The standard InChI is InChI=1S/C16H19N3O3S/c23-15-19(17-14(22-15)13-4-2-1-3-5-13)12-18-8-6-16(7-9-18)20-10-11-21-16/h1-5H,6-12H2. The Hall–Kier alpha value is -1.54. The van der Waals surface area contributed by atoms with Crippen molar-refractivity contribution in [1.29, 1.82) is 0 Å². The summed E-state index contributed by atoms with van der Waals surface area (Å²) in [4.78, 5) is 2.70. The van der Waals surface area contributed by atoms with Crippen LogP contribution in [0.2, 0.25) is 0 Å². The summed E-state index contributed by atoms with van der Waals surface area (Å²) in [5, 5.41) is 4.50. The van der Waals surface area contributed by atoms with Gasteiger partial charge in [0.1, 0.15) is 0 Å². The van der Waals surface area contributed by atoms with E-state index in [0.717, 1.165) is 31.5 Å². The number of rotatable bonds is 3. The van der Waals surface area contributed by atoms with Crippen LogP contribution < -0.4 is 0 Å². The van der Waals surface area contributed by atoms with E-state index in [1.807, 2.05) is 30.3 Å². The van der Waals surface area contributed by atoms with Crippen LogP contribution in [0, 0.1) is 4.84 Å². The van der Waals surface area contributed by atoms with Crippen LogP contribution in [0.25, 0.3) is 11.5 Å². The molecule has 23 heavy (non-hydrogen) atoms. The second-order valence-corrected chi connectivity index (χ2v) is 6.25. The Labute approximate surface area is 139 Å². The second-order valence-electron chi connectivity index (χ2n) is 5.91. The zero-order valence-corrected chi connectivity index (χ0v) is 13.6. The molecule has 0 N–H and O–H groups in total. The van der Waals surface area contributed by atoms with Gasteiger partial charge in [0.05, 0.1) is 19.9 Å². The quantitative estimate of drug-likeness (QED) is 0.805. The molecule has 0 amide bonds. The zero-order valence-electron chi connectivity index (χ0n) is 12.8. The number of ether oxygens (including phenoxy) is 2. The molecule has 0 aliphatic carbocycles. The molecule has 0 unspecified atom stereocenters. The average molecular weight is 333 g/mol. The van der Waals surface area contributed by atoms with Gasteiger partial charge in [0, 0.05) is 31.5 Å². The van der Waals surface area contributed by atoms with E-state index in [9.17, 15) is 0 Å². The Morgan fingerprint density at radius 2 is 1.78 bits per heavy atom. The molecule has 1 aromatic carbocycles. The number of aromatic nitrogens is 2. The molecule has 1 spiro atoms. The molecule has 122 valence electrons. The maximum absolute atomic E-state index is 5.76. The summed E-state index contributed by atoms with van der Waals surface area (Å²) in [6.07, 6.45) is 1.76. The number of piperidine rings is 1. The minimum Gasteiger partial charge on any atom is -0.409 e. The first-order valence-corrected chi connectivity index (χ1v) is 8.29. The van der Waals surface area contributed by atoms with Crippen LogP contribution in [0.4, 0.5) is 0 Å². The van der Waals surface area contributed by atoms with Crippen LogP contribution in [0.1, 0.15) is 12.8 Å². The zero-order chi connectivity index (χ0) is 15.7. The van der Waals surface area contributed by atoms with Gasteiger partial charge in [-0.15, -0.1) is 5.10 Å². The van der Waals surface area contributed by atoms with Crippen molar-refractivity contribution in [3.05, 3.63) is 35.2 Å². The molecule has 0 atom stereocenters. The molecule has 7 heteroatoms. The summed E-state index contributed by atoms with van der Waals surface area (Å²) in [6, 6.07) is 9.80. The van der Waals surface area contributed by atoms with Crippen LogP contribution in [0.3, 0.4) is 0 Å². The third kappa shape index (κ3) is 3.10. The smallest absolute Gasteiger partial charge is 0.288 e. The fourth-order valence-corrected chi connectivity index (χ4v) is 3.28. The molecule has 2 fully saturated rings. The highest BCUT2D eigenvalue weighted by Gasteiger charge is 2.39. The number of likely N-dealkylation sites (tertiary alicyclic amines) is 1. The summed E-state index contributed by atoms with van der Waals surface area (Å²) in [5.74, 6) is 0.211. The predicted molar refractivity (Wildman–Crippen MR) is 86.2 cm³/mol. The SMILES string of the molecule is S=c1oc(-c2ccccc2)nn1CN1CCC2(CC1)OCCO2. The van der Waals surface area contributed by atoms with Gasteiger partial charge < -0.3 is 13.9 Å². The van der Waals surface area contributed by atoms with Crippen LogP contribution in [-0.2, 0) is 16.1 Å². The van der Waals surface area contributed by atoms with Gasteiger partial charge in [0.25, 0.3) is 4.84 Å². The molecule has 2 aromatic rings. The minimum absolute atomic E-state index is 0.350. The van der Waals surface area contributed by atoms with E-state index in [0.29, 0.717) is 30.6 Å². The van der Waals surface area contributed by atoms with Gasteiger partial charge in [-0.2, -0.15) is 0 Å². The third-order valence-electron chi connectivity index (χ3n) is 4.39. The molecule has 3 heterocycles. The maximum atomic E-state index is 5.76. The van der Waals surface area contributed by atoms with Crippen molar-refractivity contribution in [2.75, 3.05) is 26.3 Å². The molecule has 6 nitrogen and oxygen atoms in total. The number of nitrogens with zero attached hydrogens (tertiary/aromatic N) is 3. The van der Waals surface area contributed by atoms with Crippen molar-refractivity contribution < 1.29 is 13.9 Å². The molecule has 0 radical (unpaired) electrons. The van der Waals surface area contributed by atoms with E-state index < -0.39 is 0 Å². The first-order chi connectivity index (χ1) is 11.2. The van der Waals surface area contributed by atoms with Crippen molar-refractivity contribution in [2.24, 2.45) is 0 Å². The van der Waals surface area contributed by atoms with Gasteiger partial charge in [0.2, 0.25) is 5.89 Å². The van der Waals surface area contributed by atoms with Crippen LogP contribution in [0.5, 0.6) is 0 Å². The summed E-state index contributed by atoms with van der Waals surface area (Å²) in [7, 11) is 0. The normalized spacial score (nSPS) is 21.0. The lowest BCUT2D eigenvalue weighted by molar-refractivity contribution is -0.187. The Bertz CT molecular complexity index is 712. The van der Waals surface area contributed by atoms with Crippen molar-refractivity contribution in [1.82, 2.24) is 14.7 Å². The highest BCUT2D eigenvalue weighted by molar-refractivity contribution is 7.71. The van der Waals surface area contributed by atoms with Crippen LogP contribution >= 0.6 is 12.2 Å². The summed E-state index contributed by atoms with van der Waals surface area (Å²) >= 11 is 5.30. The molecular weight excluding hydrogens is 314 g/mol. The number of hydrogen-bond acceptors (Lipinski definition) is 6. The molecule has 0 bridgehead atoms. The van der Waals surface area contributed by atoms with E-state index in [1.54, 1.807) is 4.68 Å². The van der Waals surface area contributed by atoms with E-state index >= 15 is 0 Å². The average Bonchev–Trinajstić information content (AvgIpc) is 3.18. The lowest BCUT2D eigenvalue weighted by Gasteiger charge is -2.37. The van der Waals surface area contributed by atoms with Crippen molar-refractivity contribution >= 4 is 12.2 Å².